The lowest BCUT2D eigenvalue weighted by atomic mass is 9.97. The highest BCUT2D eigenvalue weighted by atomic mass is 16.7. The molecular weight excluding hydrogens is 266 g/mol. The molecule has 2 aliphatic heterocycles. The van der Waals surface area contributed by atoms with Gasteiger partial charge in [0.25, 0.3) is 0 Å². The van der Waals surface area contributed by atoms with Crippen molar-refractivity contribution in [2.45, 2.75) is 12.5 Å². The topological polar surface area (TPSA) is 39.7 Å². The Hall–Kier alpha value is -2.20. The van der Waals surface area contributed by atoms with Gasteiger partial charge in [0.1, 0.15) is 0 Å². The Morgan fingerprint density at radius 2 is 1.95 bits per heavy atom. The molecule has 2 aliphatic rings. The van der Waals surface area contributed by atoms with Crippen LogP contribution in [0.1, 0.15) is 17.2 Å². The first-order chi connectivity index (χ1) is 10.4. The summed E-state index contributed by atoms with van der Waals surface area (Å²) in [5.74, 6) is 1.60. The van der Waals surface area contributed by atoms with Crippen LogP contribution in [0.25, 0.3) is 0 Å². The third-order valence-electron chi connectivity index (χ3n) is 3.96. The summed E-state index contributed by atoms with van der Waals surface area (Å²) in [6.45, 7) is 1.83. The quantitative estimate of drug-likeness (QED) is 0.939. The van der Waals surface area contributed by atoms with Gasteiger partial charge in [0, 0.05) is 18.3 Å². The Morgan fingerprint density at radius 3 is 2.95 bits per heavy atom. The molecule has 0 radical (unpaired) electrons. The lowest BCUT2D eigenvalue weighted by Crippen LogP contribution is -2.22. The second-order valence-corrected chi connectivity index (χ2v) is 5.26. The monoisotopic (exact) mass is 283 g/mol. The molecule has 0 bridgehead atoms. The zero-order chi connectivity index (χ0) is 14.1. The molecule has 4 heteroatoms. The van der Waals surface area contributed by atoms with Crippen molar-refractivity contribution < 1.29 is 14.2 Å². The van der Waals surface area contributed by atoms with Gasteiger partial charge >= 0.3 is 0 Å². The average molecular weight is 283 g/mol. The fourth-order valence-electron chi connectivity index (χ4n) is 2.86. The number of hydrogen-bond acceptors (Lipinski definition) is 4. The molecule has 1 N–H and O–H groups in total. The molecule has 108 valence electrons. The fourth-order valence-corrected chi connectivity index (χ4v) is 2.86. The molecule has 1 unspecified atom stereocenters. The molecule has 2 heterocycles. The molecular formula is C17H17NO3. The van der Waals surface area contributed by atoms with E-state index in [9.17, 15) is 0 Å². The number of nitrogens with one attached hydrogen (secondary N) is 1. The largest absolute Gasteiger partial charge is 0.454 e. The van der Waals surface area contributed by atoms with Crippen LogP contribution in [0.2, 0.25) is 0 Å². The van der Waals surface area contributed by atoms with Crippen molar-refractivity contribution in [3.8, 4) is 11.5 Å². The van der Waals surface area contributed by atoms with E-state index in [4.69, 9.17) is 14.2 Å². The highest BCUT2D eigenvalue weighted by Crippen LogP contribution is 2.34. The van der Waals surface area contributed by atoms with Gasteiger partial charge in [-0.1, -0.05) is 24.3 Å². The summed E-state index contributed by atoms with van der Waals surface area (Å²) in [4.78, 5) is 0. The van der Waals surface area contributed by atoms with E-state index < -0.39 is 0 Å². The maximum atomic E-state index is 5.90. The molecule has 1 atom stereocenters. The van der Waals surface area contributed by atoms with Crippen LogP contribution >= 0.6 is 0 Å². The number of benzene rings is 2. The number of ether oxygens (including phenoxy) is 3. The molecule has 4 rings (SSSR count). The minimum absolute atomic E-state index is 0.0976. The van der Waals surface area contributed by atoms with E-state index in [-0.39, 0.29) is 6.10 Å². The predicted molar refractivity (Wildman–Crippen MR) is 79.9 cm³/mol. The van der Waals surface area contributed by atoms with E-state index in [1.165, 1.54) is 11.1 Å². The van der Waals surface area contributed by atoms with Gasteiger partial charge in [-0.25, -0.2) is 0 Å². The minimum atomic E-state index is 0.0976. The van der Waals surface area contributed by atoms with E-state index in [0.29, 0.717) is 6.79 Å². The first kappa shape index (κ1) is 12.5. The molecule has 0 aromatic heterocycles. The van der Waals surface area contributed by atoms with Crippen LogP contribution in [0.4, 0.5) is 5.69 Å². The summed E-state index contributed by atoms with van der Waals surface area (Å²) in [7, 11) is 0. The third-order valence-corrected chi connectivity index (χ3v) is 3.96. The Kier molecular flexibility index (Phi) is 3.16. The number of hydrogen-bond donors (Lipinski definition) is 1. The summed E-state index contributed by atoms with van der Waals surface area (Å²) in [5, 5.41) is 3.42. The van der Waals surface area contributed by atoms with E-state index >= 15 is 0 Å². The first-order valence-corrected chi connectivity index (χ1v) is 7.23. The van der Waals surface area contributed by atoms with Crippen LogP contribution in [-0.2, 0) is 11.2 Å². The van der Waals surface area contributed by atoms with Gasteiger partial charge in [-0.15, -0.1) is 0 Å². The van der Waals surface area contributed by atoms with Crippen molar-refractivity contribution in [3.63, 3.8) is 0 Å². The van der Waals surface area contributed by atoms with Gasteiger partial charge in [-0.2, -0.15) is 0 Å². The second kappa shape index (κ2) is 5.30. The molecule has 0 aliphatic carbocycles. The van der Waals surface area contributed by atoms with Gasteiger partial charge < -0.3 is 19.5 Å². The van der Waals surface area contributed by atoms with E-state index in [1.54, 1.807) is 0 Å². The summed E-state index contributed by atoms with van der Waals surface area (Å²) < 4.78 is 16.6. The summed E-state index contributed by atoms with van der Waals surface area (Å²) >= 11 is 0. The standard InChI is InChI=1S/C17H17NO3/c1-2-4-14-12(3-1)7-8-19-17(14)10-18-13-5-6-15-16(9-13)21-11-20-15/h1-6,9,17-18H,7-8,10-11H2. The van der Waals surface area contributed by atoms with Crippen LogP contribution < -0.4 is 14.8 Å². The maximum Gasteiger partial charge on any atom is 0.231 e. The Bertz CT molecular complexity index is 656. The fraction of sp³-hybridized carbons (Fsp3) is 0.294. The van der Waals surface area contributed by atoms with Crippen LogP contribution in [0.15, 0.2) is 42.5 Å². The van der Waals surface area contributed by atoms with Crippen molar-refractivity contribution in [2.24, 2.45) is 0 Å². The maximum absolute atomic E-state index is 5.90. The summed E-state index contributed by atoms with van der Waals surface area (Å²) in [5.41, 5.74) is 3.70. The van der Waals surface area contributed by atoms with Crippen molar-refractivity contribution in [1.29, 1.82) is 0 Å². The van der Waals surface area contributed by atoms with Gasteiger partial charge in [-0.3, -0.25) is 0 Å². The van der Waals surface area contributed by atoms with Crippen LogP contribution in [0.5, 0.6) is 11.5 Å². The van der Waals surface area contributed by atoms with E-state index in [2.05, 4.69) is 29.6 Å². The van der Waals surface area contributed by atoms with Crippen LogP contribution in [0, 0.1) is 0 Å². The van der Waals surface area contributed by atoms with Crippen molar-refractivity contribution in [2.75, 3.05) is 25.3 Å². The average Bonchev–Trinajstić information content (AvgIpc) is 3.00. The van der Waals surface area contributed by atoms with Crippen molar-refractivity contribution in [3.05, 3.63) is 53.6 Å². The van der Waals surface area contributed by atoms with Crippen LogP contribution in [-0.4, -0.2) is 19.9 Å². The first-order valence-electron chi connectivity index (χ1n) is 7.23. The molecule has 2 aromatic rings. The molecule has 4 nitrogen and oxygen atoms in total. The van der Waals surface area contributed by atoms with E-state index in [1.807, 2.05) is 18.2 Å². The lowest BCUT2D eigenvalue weighted by molar-refractivity contribution is 0.0513. The Labute approximate surface area is 123 Å². The van der Waals surface area contributed by atoms with Gasteiger partial charge in [0.05, 0.1) is 12.7 Å². The number of rotatable bonds is 3. The predicted octanol–water partition coefficient (Wildman–Crippen LogP) is 3.14. The smallest absolute Gasteiger partial charge is 0.231 e. The van der Waals surface area contributed by atoms with Crippen molar-refractivity contribution in [1.82, 2.24) is 0 Å². The zero-order valence-corrected chi connectivity index (χ0v) is 11.7. The van der Waals surface area contributed by atoms with Gasteiger partial charge in [0.15, 0.2) is 11.5 Å². The molecule has 0 amide bonds. The lowest BCUT2D eigenvalue weighted by Gasteiger charge is -2.26. The molecule has 21 heavy (non-hydrogen) atoms. The summed E-state index contributed by atoms with van der Waals surface area (Å²) in [6, 6.07) is 14.4. The molecule has 0 fully saturated rings. The van der Waals surface area contributed by atoms with Gasteiger partial charge in [-0.05, 0) is 29.7 Å². The SMILES string of the molecule is c1ccc2c(c1)CCOC2CNc1ccc2c(c1)OCO2. The molecule has 0 saturated heterocycles. The van der Waals surface area contributed by atoms with Crippen molar-refractivity contribution >= 4 is 5.69 Å². The highest BCUT2D eigenvalue weighted by molar-refractivity contribution is 5.55. The normalized spacial score (nSPS) is 19.1. The zero-order valence-electron chi connectivity index (χ0n) is 11.7. The highest BCUT2D eigenvalue weighted by Gasteiger charge is 2.20. The Balaban J connectivity index is 1.48. The summed E-state index contributed by atoms with van der Waals surface area (Å²) in [6.07, 6.45) is 1.09. The number of fused-ring (bicyclic) bond motifs is 2. The van der Waals surface area contributed by atoms with Gasteiger partial charge in [0.2, 0.25) is 6.79 Å². The van der Waals surface area contributed by atoms with E-state index in [0.717, 1.165) is 36.8 Å². The van der Waals surface area contributed by atoms with Crippen LogP contribution in [0.3, 0.4) is 0 Å². The number of anilines is 1. The third kappa shape index (κ3) is 2.43. The molecule has 0 saturated carbocycles. The molecule has 0 spiro atoms. The Morgan fingerprint density at radius 1 is 1.05 bits per heavy atom. The minimum Gasteiger partial charge on any atom is -0.454 e. The molecule has 2 aromatic carbocycles. The second-order valence-electron chi connectivity index (χ2n) is 5.26.